The first-order chi connectivity index (χ1) is 7.08. The molecule has 0 saturated heterocycles. The van der Waals surface area contributed by atoms with Gasteiger partial charge in [0.2, 0.25) is 5.28 Å². The zero-order valence-corrected chi connectivity index (χ0v) is 8.82. The number of carbonyl (C=O) groups is 1. The molecule has 0 aliphatic heterocycles. The van der Waals surface area contributed by atoms with Crippen molar-refractivity contribution in [1.29, 1.82) is 0 Å². The van der Waals surface area contributed by atoms with E-state index >= 15 is 0 Å². The average Bonchev–Trinajstić information content (AvgIpc) is 2.43. The SMILES string of the molecule is Cc1ccc2nc(Cl)n(CC(=O)O)c2c1. The van der Waals surface area contributed by atoms with Gasteiger partial charge >= 0.3 is 5.97 Å². The van der Waals surface area contributed by atoms with Crippen molar-refractivity contribution >= 4 is 28.6 Å². The number of rotatable bonds is 2. The highest BCUT2D eigenvalue weighted by molar-refractivity contribution is 6.29. The number of fused-ring (bicyclic) bond motifs is 1. The highest BCUT2D eigenvalue weighted by Gasteiger charge is 2.11. The number of aryl methyl sites for hydroxylation is 1. The molecule has 2 rings (SSSR count). The van der Waals surface area contributed by atoms with Crippen LogP contribution >= 0.6 is 11.6 Å². The second-order valence-corrected chi connectivity index (χ2v) is 3.69. The molecule has 2 aromatic rings. The normalized spacial score (nSPS) is 10.8. The van der Waals surface area contributed by atoms with E-state index in [0.29, 0.717) is 5.52 Å². The standard InChI is InChI=1S/C10H9ClN2O2/c1-6-2-3-7-8(4-6)13(5-9(14)15)10(11)12-7/h2-4H,5H2,1H3,(H,14,15). The molecule has 0 bridgehead atoms. The Labute approximate surface area is 91.1 Å². The maximum atomic E-state index is 10.6. The second-order valence-electron chi connectivity index (χ2n) is 3.35. The lowest BCUT2D eigenvalue weighted by molar-refractivity contribution is -0.137. The summed E-state index contributed by atoms with van der Waals surface area (Å²) >= 11 is 5.85. The van der Waals surface area contributed by atoms with Gasteiger partial charge in [0.05, 0.1) is 11.0 Å². The van der Waals surface area contributed by atoms with Crippen LogP contribution in [0, 0.1) is 6.92 Å². The summed E-state index contributed by atoms with van der Waals surface area (Å²) in [6, 6.07) is 5.61. The van der Waals surface area contributed by atoms with Gasteiger partial charge in [-0.3, -0.25) is 4.79 Å². The summed E-state index contributed by atoms with van der Waals surface area (Å²) in [7, 11) is 0. The van der Waals surface area contributed by atoms with Gasteiger partial charge in [-0.2, -0.15) is 0 Å². The molecule has 0 amide bonds. The number of nitrogens with zero attached hydrogens (tertiary/aromatic N) is 2. The van der Waals surface area contributed by atoms with Gasteiger partial charge in [-0.1, -0.05) is 6.07 Å². The molecule has 15 heavy (non-hydrogen) atoms. The minimum atomic E-state index is -0.933. The summed E-state index contributed by atoms with van der Waals surface area (Å²) in [4.78, 5) is 14.7. The average molecular weight is 225 g/mol. The third-order valence-corrected chi connectivity index (χ3v) is 2.44. The first-order valence-electron chi connectivity index (χ1n) is 4.42. The largest absolute Gasteiger partial charge is 0.480 e. The van der Waals surface area contributed by atoms with E-state index in [1.54, 1.807) is 0 Å². The van der Waals surface area contributed by atoms with Crippen LogP contribution in [-0.4, -0.2) is 20.6 Å². The third kappa shape index (κ3) is 1.80. The molecule has 78 valence electrons. The Hall–Kier alpha value is -1.55. The fourth-order valence-corrected chi connectivity index (χ4v) is 1.73. The van der Waals surface area contributed by atoms with E-state index in [4.69, 9.17) is 16.7 Å². The highest BCUT2D eigenvalue weighted by Crippen LogP contribution is 2.20. The number of aliphatic carboxylic acids is 1. The number of hydrogen-bond donors (Lipinski definition) is 1. The zero-order valence-electron chi connectivity index (χ0n) is 8.07. The first kappa shape index (κ1) is 9.98. The van der Waals surface area contributed by atoms with Crippen LogP contribution in [0.25, 0.3) is 11.0 Å². The van der Waals surface area contributed by atoms with Crippen molar-refractivity contribution in [3.8, 4) is 0 Å². The van der Waals surface area contributed by atoms with Crippen LogP contribution in [0.4, 0.5) is 0 Å². The fourth-order valence-electron chi connectivity index (χ4n) is 1.49. The molecule has 1 heterocycles. The number of benzene rings is 1. The van der Waals surface area contributed by atoms with Crippen molar-refractivity contribution in [1.82, 2.24) is 9.55 Å². The van der Waals surface area contributed by atoms with Gasteiger partial charge in [0.15, 0.2) is 0 Å². The molecule has 0 atom stereocenters. The van der Waals surface area contributed by atoms with Gasteiger partial charge in [-0.25, -0.2) is 4.98 Å². The van der Waals surface area contributed by atoms with Gasteiger partial charge in [0.1, 0.15) is 6.54 Å². The Bertz CT molecular complexity index is 533. The molecule has 0 radical (unpaired) electrons. The number of halogens is 1. The third-order valence-electron chi connectivity index (χ3n) is 2.15. The fraction of sp³-hybridized carbons (Fsp3) is 0.200. The van der Waals surface area contributed by atoms with E-state index < -0.39 is 5.97 Å². The van der Waals surface area contributed by atoms with E-state index in [2.05, 4.69) is 4.98 Å². The van der Waals surface area contributed by atoms with Crippen LogP contribution in [0.3, 0.4) is 0 Å². The molecule has 0 saturated carbocycles. The van der Waals surface area contributed by atoms with Gasteiger partial charge in [0.25, 0.3) is 0 Å². The number of aromatic nitrogens is 2. The van der Waals surface area contributed by atoms with Crippen molar-refractivity contribution in [3.05, 3.63) is 29.0 Å². The van der Waals surface area contributed by atoms with Crippen molar-refractivity contribution < 1.29 is 9.90 Å². The van der Waals surface area contributed by atoms with Crippen molar-refractivity contribution in [2.45, 2.75) is 13.5 Å². The molecule has 1 N–H and O–H groups in total. The van der Waals surface area contributed by atoms with E-state index in [1.807, 2.05) is 25.1 Å². The maximum Gasteiger partial charge on any atom is 0.323 e. The molecule has 0 aliphatic carbocycles. The summed E-state index contributed by atoms with van der Waals surface area (Å²) in [5, 5.41) is 8.94. The minimum absolute atomic E-state index is 0.168. The summed E-state index contributed by atoms with van der Waals surface area (Å²) in [6.07, 6.45) is 0. The van der Waals surface area contributed by atoms with Gasteiger partial charge < -0.3 is 9.67 Å². The maximum absolute atomic E-state index is 10.6. The van der Waals surface area contributed by atoms with Gasteiger partial charge in [-0.05, 0) is 36.2 Å². The predicted octanol–water partition coefficient (Wildman–Crippen LogP) is 2.08. The van der Waals surface area contributed by atoms with E-state index in [1.165, 1.54) is 4.57 Å². The van der Waals surface area contributed by atoms with Crippen LogP contribution in [0.2, 0.25) is 5.28 Å². The highest BCUT2D eigenvalue weighted by atomic mass is 35.5. The molecular formula is C10H9ClN2O2. The number of imidazole rings is 1. The zero-order chi connectivity index (χ0) is 11.0. The van der Waals surface area contributed by atoms with E-state index in [9.17, 15) is 4.79 Å². The lowest BCUT2D eigenvalue weighted by atomic mass is 10.2. The Morgan fingerprint density at radius 3 is 3.00 bits per heavy atom. The predicted molar refractivity (Wildman–Crippen MR) is 57.1 cm³/mol. The van der Waals surface area contributed by atoms with Crippen LogP contribution in [0.15, 0.2) is 18.2 Å². The molecular weight excluding hydrogens is 216 g/mol. The first-order valence-corrected chi connectivity index (χ1v) is 4.80. The summed E-state index contributed by atoms with van der Waals surface area (Å²) in [5.74, 6) is -0.933. The molecule has 0 aliphatic rings. The number of carboxylic acids is 1. The monoisotopic (exact) mass is 224 g/mol. The number of hydrogen-bond acceptors (Lipinski definition) is 2. The Kier molecular flexibility index (Phi) is 2.36. The molecule has 4 nitrogen and oxygen atoms in total. The van der Waals surface area contributed by atoms with Crippen LogP contribution < -0.4 is 0 Å². The summed E-state index contributed by atoms with van der Waals surface area (Å²) < 4.78 is 1.48. The smallest absolute Gasteiger partial charge is 0.323 e. The van der Waals surface area contributed by atoms with Crippen molar-refractivity contribution in [3.63, 3.8) is 0 Å². The molecule has 0 unspecified atom stereocenters. The summed E-state index contributed by atoms with van der Waals surface area (Å²) in [6.45, 7) is 1.77. The van der Waals surface area contributed by atoms with Crippen LogP contribution in [0.1, 0.15) is 5.56 Å². The Morgan fingerprint density at radius 2 is 2.33 bits per heavy atom. The van der Waals surface area contributed by atoms with E-state index in [0.717, 1.165) is 11.1 Å². The van der Waals surface area contributed by atoms with Crippen molar-refractivity contribution in [2.75, 3.05) is 0 Å². The molecule has 1 aromatic heterocycles. The number of carboxylic acid groups (broad SMARTS) is 1. The summed E-state index contributed by atoms with van der Waals surface area (Å²) in [5.41, 5.74) is 2.51. The molecule has 1 aromatic carbocycles. The van der Waals surface area contributed by atoms with Crippen molar-refractivity contribution in [2.24, 2.45) is 0 Å². The Morgan fingerprint density at radius 1 is 1.60 bits per heavy atom. The Balaban J connectivity index is 2.65. The quantitative estimate of drug-likeness (QED) is 0.850. The lowest BCUT2D eigenvalue weighted by Gasteiger charge is -2.01. The van der Waals surface area contributed by atoms with Gasteiger partial charge in [0, 0.05) is 0 Å². The van der Waals surface area contributed by atoms with E-state index in [-0.39, 0.29) is 11.8 Å². The van der Waals surface area contributed by atoms with Crippen LogP contribution in [-0.2, 0) is 11.3 Å². The second kappa shape index (κ2) is 3.55. The van der Waals surface area contributed by atoms with Gasteiger partial charge in [-0.15, -0.1) is 0 Å². The molecule has 0 spiro atoms. The minimum Gasteiger partial charge on any atom is -0.480 e. The lowest BCUT2D eigenvalue weighted by Crippen LogP contribution is -2.08. The molecule has 5 heteroatoms. The van der Waals surface area contributed by atoms with Crippen LogP contribution in [0.5, 0.6) is 0 Å². The molecule has 0 fully saturated rings. The topological polar surface area (TPSA) is 55.1 Å².